The molecule has 7 nitrogen and oxygen atoms in total. The van der Waals surface area contributed by atoms with Crippen molar-refractivity contribution in [3.05, 3.63) is 35.1 Å². The largest absolute Gasteiger partial charge is 0.431 e. The van der Waals surface area contributed by atoms with Crippen LogP contribution in [0.2, 0.25) is 0 Å². The van der Waals surface area contributed by atoms with Crippen LogP contribution in [0.1, 0.15) is 29.3 Å². The number of benzene rings is 1. The van der Waals surface area contributed by atoms with Gasteiger partial charge in [0.25, 0.3) is 5.91 Å². The van der Waals surface area contributed by atoms with Gasteiger partial charge in [-0.2, -0.15) is 23.3 Å². The molecule has 1 aromatic rings. The van der Waals surface area contributed by atoms with Gasteiger partial charge in [-0.25, -0.2) is 9.38 Å². The molecule has 152 valence electrons. The third-order valence-corrected chi connectivity index (χ3v) is 3.63. The van der Waals surface area contributed by atoms with Crippen molar-refractivity contribution in [3.63, 3.8) is 0 Å². The van der Waals surface area contributed by atoms with E-state index < -0.39 is 36.1 Å². The van der Waals surface area contributed by atoms with Gasteiger partial charge in [0.1, 0.15) is 17.4 Å². The number of methoxy groups -OCH3 is 1. The first-order valence-electron chi connectivity index (χ1n) is 8.21. The molecule has 11 heteroatoms. The maximum atomic E-state index is 13.7. The number of aryl methyl sites for hydroxylation is 1. The molecule has 1 aliphatic heterocycles. The van der Waals surface area contributed by atoms with Crippen molar-refractivity contribution in [2.24, 2.45) is 15.1 Å². The molecule has 0 unspecified atom stereocenters. The summed E-state index contributed by atoms with van der Waals surface area (Å²) >= 11 is 0. The van der Waals surface area contributed by atoms with Crippen LogP contribution in [0, 0.1) is 12.7 Å². The SMILES string of the molecule is COC[C@H](C)N=C(N=C1CC(C(F)(F)F)=NN1)NC(=O)c1ccc(C)c(F)c1. The second-order valence-corrected chi connectivity index (χ2v) is 6.08. The van der Waals surface area contributed by atoms with Crippen LogP contribution in [0.4, 0.5) is 17.6 Å². The number of guanidine groups is 1. The van der Waals surface area contributed by atoms with Crippen LogP contribution in [-0.2, 0) is 4.74 Å². The molecule has 0 aromatic heterocycles. The number of carbonyl (C=O) groups excluding carboxylic acids is 1. The number of ether oxygens (including phenoxy) is 1. The van der Waals surface area contributed by atoms with Crippen molar-refractivity contribution < 1.29 is 27.1 Å². The second kappa shape index (κ2) is 8.91. The van der Waals surface area contributed by atoms with Crippen molar-refractivity contribution in [2.75, 3.05) is 13.7 Å². The highest BCUT2D eigenvalue weighted by Crippen LogP contribution is 2.21. The van der Waals surface area contributed by atoms with Crippen LogP contribution in [0.5, 0.6) is 0 Å². The van der Waals surface area contributed by atoms with Crippen molar-refractivity contribution in [1.29, 1.82) is 0 Å². The molecule has 2 rings (SSSR count). The maximum absolute atomic E-state index is 13.7. The average molecular weight is 401 g/mol. The summed E-state index contributed by atoms with van der Waals surface area (Å²) in [6.45, 7) is 3.41. The summed E-state index contributed by atoms with van der Waals surface area (Å²) in [5.41, 5.74) is 1.52. The Morgan fingerprint density at radius 1 is 1.43 bits per heavy atom. The van der Waals surface area contributed by atoms with Gasteiger partial charge in [-0.15, -0.1) is 0 Å². The number of hydrogen-bond acceptors (Lipinski definition) is 4. The number of rotatable bonds is 4. The normalized spacial score (nSPS) is 17.3. The van der Waals surface area contributed by atoms with E-state index in [0.717, 1.165) is 6.07 Å². The molecule has 0 bridgehead atoms. The van der Waals surface area contributed by atoms with E-state index in [1.54, 1.807) is 13.8 Å². The van der Waals surface area contributed by atoms with Crippen molar-refractivity contribution in [3.8, 4) is 0 Å². The molecular weight excluding hydrogens is 382 g/mol. The predicted molar refractivity (Wildman–Crippen MR) is 96.1 cm³/mol. The minimum absolute atomic E-state index is 0.0157. The fourth-order valence-corrected chi connectivity index (χ4v) is 2.21. The van der Waals surface area contributed by atoms with Gasteiger partial charge in [-0.3, -0.25) is 15.5 Å². The van der Waals surface area contributed by atoms with Crippen molar-refractivity contribution >= 4 is 23.4 Å². The van der Waals surface area contributed by atoms with Crippen molar-refractivity contribution in [1.82, 2.24) is 10.7 Å². The zero-order valence-corrected chi connectivity index (χ0v) is 15.4. The highest BCUT2D eigenvalue weighted by Gasteiger charge is 2.39. The molecule has 1 aliphatic rings. The standard InChI is InChI=1S/C17H19F4N5O2/c1-9-4-5-11(6-12(9)18)15(27)24-16(22-10(2)8-28-3)23-14-7-13(25-26-14)17(19,20)21/h4-6,10H,7-8H2,1-3H3,(H2,22,23,24,26,27)/t10-/m0/s1. The summed E-state index contributed by atoms with van der Waals surface area (Å²) < 4.78 is 56.8. The minimum atomic E-state index is -4.59. The van der Waals surface area contributed by atoms with Gasteiger partial charge in [0.2, 0.25) is 5.96 Å². The Bertz CT molecular complexity index is 833. The van der Waals surface area contributed by atoms with Gasteiger partial charge in [-0.1, -0.05) is 6.07 Å². The average Bonchev–Trinajstić information content (AvgIpc) is 3.06. The highest BCUT2D eigenvalue weighted by atomic mass is 19.4. The van der Waals surface area contributed by atoms with Gasteiger partial charge < -0.3 is 4.74 Å². The first kappa shape index (κ1) is 21.5. The Morgan fingerprint density at radius 2 is 2.14 bits per heavy atom. The summed E-state index contributed by atoms with van der Waals surface area (Å²) in [7, 11) is 1.45. The molecule has 1 heterocycles. The summed E-state index contributed by atoms with van der Waals surface area (Å²) in [5.74, 6) is -1.64. The van der Waals surface area contributed by atoms with Crippen molar-refractivity contribution in [2.45, 2.75) is 32.5 Å². The number of amidine groups is 1. The Kier molecular flexibility index (Phi) is 6.84. The van der Waals surface area contributed by atoms with Crippen LogP contribution < -0.4 is 10.7 Å². The molecule has 1 amide bonds. The lowest BCUT2D eigenvalue weighted by molar-refractivity contribution is -0.0596. The molecule has 0 spiro atoms. The minimum Gasteiger partial charge on any atom is -0.382 e. The molecule has 1 aromatic carbocycles. The summed E-state index contributed by atoms with van der Waals surface area (Å²) in [4.78, 5) is 20.4. The van der Waals surface area contributed by atoms with Gasteiger partial charge in [0.05, 0.1) is 19.1 Å². The molecule has 0 saturated heterocycles. The molecule has 0 fully saturated rings. The molecule has 0 radical (unpaired) electrons. The smallest absolute Gasteiger partial charge is 0.382 e. The fourth-order valence-electron chi connectivity index (χ4n) is 2.21. The summed E-state index contributed by atoms with van der Waals surface area (Å²) in [6.07, 6.45) is -5.18. The van der Waals surface area contributed by atoms with E-state index in [1.807, 2.05) is 0 Å². The molecule has 0 saturated carbocycles. The first-order valence-corrected chi connectivity index (χ1v) is 8.21. The lowest BCUT2D eigenvalue weighted by atomic mass is 10.1. The fraction of sp³-hybridized carbons (Fsp3) is 0.412. The zero-order valence-electron chi connectivity index (χ0n) is 15.4. The topological polar surface area (TPSA) is 87.4 Å². The van der Waals surface area contributed by atoms with E-state index >= 15 is 0 Å². The van der Waals surface area contributed by atoms with Gasteiger partial charge in [0, 0.05) is 12.7 Å². The summed E-state index contributed by atoms with van der Waals surface area (Å²) in [5, 5.41) is 5.56. The number of halogens is 4. The number of amides is 1. The van der Waals surface area contributed by atoms with Gasteiger partial charge >= 0.3 is 6.18 Å². The van der Waals surface area contributed by atoms with Crippen LogP contribution in [0.15, 0.2) is 33.3 Å². The second-order valence-electron chi connectivity index (χ2n) is 6.08. The molecule has 2 N–H and O–H groups in total. The number of aliphatic imine (C=N–C) groups is 2. The molecule has 1 atom stereocenters. The van der Waals surface area contributed by atoms with E-state index in [-0.39, 0.29) is 24.0 Å². The Hall–Kier alpha value is -2.82. The molecular formula is C17H19F4N5O2. The molecule has 0 aliphatic carbocycles. The van der Waals surface area contributed by atoms with E-state index in [9.17, 15) is 22.4 Å². The lowest BCUT2D eigenvalue weighted by Gasteiger charge is -2.10. The van der Waals surface area contributed by atoms with E-state index in [4.69, 9.17) is 4.74 Å². The Labute approximate surface area is 158 Å². The van der Waals surface area contributed by atoms with Crippen LogP contribution in [0.3, 0.4) is 0 Å². The van der Waals surface area contributed by atoms with Crippen LogP contribution in [0.25, 0.3) is 0 Å². The third kappa shape index (κ3) is 5.84. The number of carbonyl (C=O) groups is 1. The van der Waals surface area contributed by atoms with E-state index in [1.165, 1.54) is 19.2 Å². The Morgan fingerprint density at radius 3 is 2.71 bits per heavy atom. The van der Waals surface area contributed by atoms with Crippen LogP contribution in [-0.4, -0.2) is 49.3 Å². The quantitative estimate of drug-likeness (QED) is 0.462. The third-order valence-electron chi connectivity index (χ3n) is 3.63. The maximum Gasteiger partial charge on any atom is 0.431 e. The monoisotopic (exact) mass is 401 g/mol. The number of alkyl halides is 3. The van der Waals surface area contributed by atoms with Gasteiger partial charge in [-0.05, 0) is 31.5 Å². The lowest BCUT2D eigenvalue weighted by Crippen LogP contribution is -2.32. The van der Waals surface area contributed by atoms with E-state index in [0.29, 0.717) is 5.56 Å². The predicted octanol–water partition coefficient (Wildman–Crippen LogP) is 2.56. The number of nitrogens with one attached hydrogen (secondary N) is 2. The Balaban J connectivity index is 2.22. The zero-order chi connectivity index (χ0) is 20.9. The van der Waals surface area contributed by atoms with E-state index in [2.05, 4.69) is 25.8 Å². The number of hydrazone groups is 1. The van der Waals surface area contributed by atoms with Gasteiger partial charge in [0.15, 0.2) is 0 Å². The highest BCUT2D eigenvalue weighted by molar-refractivity contribution is 6.14. The number of hydrogen-bond donors (Lipinski definition) is 2. The first-order chi connectivity index (χ1) is 13.1. The number of nitrogens with zero attached hydrogens (tertiary/aromatic N) is 3. The molecule has 28 heavy (non-hydrogen) atoms. The van der Waals surface area contributed by atoms with Crippen LogP contribution >= 0.6 is 0 Å². The summed E-state index contributed by atoms with van der Waals surface area (Å²) in [6, 6.07) is 3.45.